The zero-order valence-electron chi connectivity index (χ0n) is 15.7. The summed E-state index contributed by atoms with van der Waals surface area (Å²) in [5.41, 5.74) is 2.26. The van der Waals surface area contributed by atoms with Crippen molar-refractivity contribution in [1.82, 2.24) is 4.90 Å². The number of carbonyl (C=O) groups is 1. The summed E-state index contributed by atoms with van der Waals surface area (Å²) in [7, 11) is -3.31. The van der Waals surface area contributed by atoms with Crippen LogP contribution in [0.15, 0.2) is 18.2 Å². The van der Waals surface area contributed by atoms with E-state index in [2.05, 4.69) is 5.32 Å². The molecule has 1 saturated heterocycles. The van der Waals surface area contributed by atoms with Crippen LogP contribution in [0.3, 0.4) is 0 Å². The number of fused-ring (bicyclic) bond motifs is 1. The van der Waals surface area contributed by atoms with E-state index < -0.39 is 10.0 Å². The molecule has 0 aromatic heterocycles. The van der Waals surface area contributed by atoms with E-state index in [-0.39, 0.29) is 6.03 Å². The third-order valence-corrected chi connectivity index (χ3v) is 7.20. The van der Waals surface area contributed by atoms with E-state index in [1.54, 1.807) is 12.1 Å². The predicted molar refractivity (Wildman–Crippen MR) is 105 cm³/mol. The molecular formula is C19H27N3O4S. The molecule has 148 valence electrons. The normalized spacial score (nSPS) is 23.5. The van der Waals surface area contributed by atoms with Crippen molar-refractivity contribution in [2.75, 3.05) is 48.7 Å². The van der Waals surface area contributed by atoms with Gasteiger partial charge in [-0.05, 0) is 24.5 Å². The number of nitrogens with zero attached hydrogens (tertiary/aromatic N) is 2. The minimum atomic E-state index is -3.31. The lowest BCUT2D eigenvalue weighted by Gasteiger charge is -2.34. The van der Waals surface area contributed by atoms with Crippen LogP contribution in [0.2, 0.25) is 0 Å². The Labute approximate surface area is 160 Å². The quantitative estimate of drug-likeness (QED) is 0.855. The van der Waals surface area contributed by atoms with Gasteiger partial charge in [0, 0.05) is 36.8 Å². The van der Waals surface area contributed by atoms with Gasteiger partial charge in [-0.15, -0.1) is 0 Å². The van der Waals surface area contributed by atoms with Crippen LogP contribution in [0, 0.1) is 11.8 Å². The molecule has 27 heavy (non-hydrogen) atoms. The summed E-state index contributed by atoms with van der Waals surface area (Å²) in [6.07, 6.45) is 5.56. The number of carbonyl (C=O) groups excluding carboxylic acids is 1. The third-order valence-electron chi connectivity index (χ3n) is 6.02. The molecular weight excluding hydrogens is 366 g/mol. The van der Waals surface area contributed by atoms with E-state index in [1.807, 2.05) is 11.0 Å². The van der Waals surface area contributed by atoms with Crippen molar-refractivity contribution >= 4 is 27.4 Å². The lowest BCUT2D eigenvalue weighted by molar-refractivity contribution is 0.0776. The fourth-order valence-corrected chi connectivity index (χ4v) is 5.23. The Bertz CT molecular complexity index is 822. The maximum atomic E-state index is 12.9. The molecule has 0 bridgehead atoms. The van der Waals surface area contributed by atoms with Crippen molar-refractivity contribution in [1.29, 1.82) is 0 Å². The summed E-state index contributed by atoms with van der Waals surface area (Å²) in [6.45, 7) is 3.02. The Morgan fingerprint density at radius 1 is 1.22 bits per heavy atom. The largest absolute Gasteiger partial charge is 0.379 e. The fraction of sp³-hybridized carbons (Fsp3) is 0.632. The molecule has 2 fully saturated rings. The van der Waals surface area contributed by atoms with Crippen molar-refractivity contribution in [3.8, 4) is 0 Å². The first-order valence-electron chi connectivity index (χ1n) is 9.67. The zero-order valence-corrected chi connectivity index (χ0v) is 16.5. The molecule has 0 spiro atoms. The number of urea groups is 1. The number of amides is 2. The third kappa shape index (κ3) is 3.78. The first-order chi connectivity index (χ1) is 12.9. The second-order valence-electron chi connectivity index (χ2n) is 7.79. The Morgan fingerprint density at radius 3 is 2.74 bits per heavy atom. The monoisotopic (exact) mass is 393 g/mol. The van der Waals surface area contributed by atoms with E-state index in [1.165, 1.54) is 29.8 Å². The second kappa shape index (κ2) is 7.31. The highest BCUT2D eigenvalue weighted by Crippen LogP contribution is 2.36. The molecule has 1 aromatic carbocycles. The van der Waals surface area contributed by atoms with Gasteiger partial charge in [0.05, 0.1) is 25.2 Å². The molecule has 2 heterocycles. The first-order valence-corrected chi connectivity index (χ1v) is 11.5. The van der Waals surface area contributed by atoms with Gasteiger partial charge >= 0.3 is 6.03 Å². The van der Waals surface area contributed by atoms with Crippen LogP contribution in [-0.2, 0) is 21.2 Å². The molecule has 2 amide bonds. The number of ether oxygens (including phenoxy) is 1. The average molecular weight is 394 g/mol. The summed E-state index contributed by atoms with van der Waals surface area (Å²) in [6, 6.07) is 5.31. The number of benzene rings is 1. The van der Waals surface area contributed by atoms with Crippen molar-refractivity contribution in [3.05, 3.63) is 23.8 Å². The number of nitrogens with one attached hydrogen (secondary N) is 1. The van der Waals surface area contributed by atoms with Crippen molar-refractivity contribution in [3.63, 3.8) is 0 Å². The summed E-state index contributed by atoms with van der Waals surface area (Å²) in [5.74, 6) is 1.08. The maximum Gasteiger partial charge on any atom is 0.321 e. The number of anilines is 2. The van der Waals surface area contributed by atoms with Crippen molar-refractivity contribution in [2.45, 2.75) is 25.7 Å². The lowest BCUT2D eigenvalue weighted by Crippen LogP contribution is -2.41. The maximum absolute atomic E-state index is 12.9. The van der Waals surface area contributed by atoms with Gasteiger partial charge in [0.15, 0.2) is 0 Å². The molecule has 7 nitrogen and oxygen atoms in total. The van der Waals surface area contributed by atoms with Gasteiger partial charge in [0.2, 0.25) is 10.0 Å². The van der Waals surface area contributed by atoms with E-state index in [9.17, 15) is 13.2 Å². The summed E-state index contributed by atoms with van der Waals surface area (Å²) in [4.78, 5) is 14.7. The van der Waals surface area contributed by atoms with Crippen LogP contribution >= 0.6 is 0 Å². The number of hydrogen-bond donors (Lipinski definition) is 1. The van der Waals surface area contributed by atoms with Crippen molar-refractivity contribution in [2.24, 2.45) is 11.8 Å². The summed E-state index contributed by atoms with van der Waals surface area (Å²) in [5, 5.41) is 3.02. The van der Waals surface area contributed by atoms with Crippen LogP contribution in [0.25, 0.3) is 0 Å². The van der Waals surface area contributed by atoms with Crippen LogP contribution < -0.4 is 9.62 Å². The topological polar surface area (TPSA) is 79.0 Å². The van der Waals surface area contributed by atoms with Crippen LogP contribution in [-0.4, -0.2) is 58.5 Å². The number of sulfonamides is 1. The molecule has 3 aliphatic rings. The molecule has 1 aliphatic carbocycles. The lowest BCUT2D eigenvalue weighted by atomic mass is 9.76. The molecule has 1 atom stereocenters. The van der Waals surface area contributed by atoms with E-state index in [0.29, 0.717) is 49.3 Å². The van der Waals surface area contributed by atoms with Gasteiger partial charge in [0.1, 0.15) is 0 Å². The molecule has 1 saturated carbocycles. The zero-order chi connectivity index (χ0) is 19.0. The van der Waals surface area contributed by atoms with E-state index in [0.717, 1.165) is 18.7 Å². The molecule has 4 rings (SSSR count). The van der Waals surface area contributed by atoms with Crippen LogP contribution in [0.1, 0.15) is 24.8 Å². The minimum Gasteiger partial charge on any atom is -0.379 e. The molecule has 0 unspecified atom stereocenters. The standard InChI is InChI=1S/C19H27N3O4S/c1-27(24,25)22-9-8-16-17(6-3-7-18(16)22)20-19(23)21-10-11-26-13-15(12-21)14-4-2-5-14/h3,6-7,14-15H,2,4-5,8-13H2,1H3,(H,20,23)/t15-/m1/s1. The number of hydrogen-bond acceptors (Lipinski definition) is 4. The highest BCUT2D eigenvalue weighted by atomic mass is 32.2. The molecule has 1 N–H and O–H groups in total. The minimum absolute atomic E-state index is 0.129. The van der Waals surface area contributed by atoms with Gasteiger partial charge in [-0.1, -0.05) is 25.3 Å². The van der Waals surface area contributed by atoms with Gasteiger partial charge in [0.25, 0.3) is 0 Å². The highest BCUT2D eigenvalue weighted by Gasteiger charge is 2.33. The average Bonchev–Trinajstić information content (AvgIpc) is 2.87. The van der Waals surface area contributed by atoms with E-state index in [4.69, 9.17) is 4.74 Å². The molecule has 8 heteroatoms. The number of rotatable bonds is 3. The van der Waals surface area contributed by atoms with Gasteiger partial charge in [-0.2, -0.15) is 0 Å². The van der Waals surface area contributed by atoms with Crippen LogP contribution in [0.4, 0.5) is 16.2 Å². The second-order valence-corrected chi connectivity index (χ2v) is 9.70. The Hall–Kier alpha value is -1.80. The smallest absolute Gasteiger partial charge is 0.321 e. The summed E-state index contributed by atoms with van der Waals surface area (Å²) >= 11 is 0. The highest BCUT2D eigenvalue weighted by molar-refractivity contribution is 7.92. The molecule has 0 radical (unpaired) electrons. The predicted octanol–water partition coefficient (Wildman–Crippen LogP) is 2.29. The summed E-state index contributed by atoms with van der Waals surface area (Å²) < 4.78 is 31.1. The van der Waals surface area contributed by atoms with E-state index >= 15 is 0 Å². The van der Waals surface area contributed by atoms with Crippen molar-refractivity contribution < 1.29 is 17.9 Å². The first kappa shape index (κ1) is 18.6. The molecule has 1 aromatic rings. The van der Waals surface area contributed by atoms with Gasteiger partial charge in [-0.3, -0.25) is 4.31 Å². The SMILES string of the molecule is CS(=O)(=O)N1CCc2c(NC(=O)N3CCOC[C@H](C4CCC4)C3)cccc21. The Morgan fingerprint density at radius 2 is 2.04 bits per heavy atom. The van der Waals surface area contributed by atoms with Gasteiger partial charge < -0.3 is 15.0 Å². The van der Waals surface area contributed by atoms with Gasteiger partial charge in [-0.25, -0.2) is 13.2 Å². The molecule has 2 aliphatic heterocycles. The van der Waals surface area contributed by atoms with Crippen LogP contribution in [0.5, 0.6) is 0 Å². The Kier molecular flexibility index (Phi) is 5.03. The Balaban J connectivity index is 1.49. The fourth-order valence-electron chi connectivity index (χ4n) is 4.28.